The average Bonchev–Trinajstić information content (AvgIpc) is 3.55. The maximum atomic E-state index is 12.4. The summed E-state index contributed by atoms with van der Waals surface area (Å²) >= 11 is 0. The van der Waals surface area contributed by atoms with Gasteiger partial charge in [0.15, 0.2) is 0 Å². The summed E-state index contributed by atoms with van der Waals surface area (Å²) < 4.78 is 0. The van der Waals surface area contributed by atoms with E-state index in [0.29, 0.717) is 28.0 Å². The van der Waals surface area contributed by atoms with Gasteiger partial charge < -0.3 is 10.2 Å². The Bertz CT molecular complexity index is 2300. The van der Waals surface area contributed by atoms with Gasteiger partial charge in [0.2, 0.25) is 0 Å². The van der Waals surface area contributed by atoms with Crippen LogP contribution in [0.4, 0.5) is 5.69 Å². The molecule has 0 unspecified atom stereocenters. The third kappa shape index (κ3) is 3.48. The van der Waals surface area contributed by atoms with Crippen LogP contribution < -0.4 is 0 Å². The van der Waals surface area contributed by atoms with Gasteiger partial charge in [-0.3, -0.25) is 4.99 Å². The van der Waals surface area contributed by atoms with Crippen LogP contribution in [0.2, 0.25) is 0 Å². The molecule has 1 aromatic heterocycles. The Kier molecular flexibility index (Phi) is 5.38. The Morgan fingerprint density at radius 3 is 1.80 bits per heavy atom. The number of aliphatic imine (C=N–C) groups is 1. The molecule has 45 heavy (non-hydrogen) atoms. The first-order valence-electron chi connectivity index (χ1n) is 15.0. The maximum absolute atomic E-state index is 12.4. The topological polar surface area (TPSA) is 65.7 Å². The highest BCUT2D eigenvalue weighted by molar-refractivity contribution is 6.00. The fourth-order valence-corrected chi connectivity index (χ4v) is 7.59. The second-order valence-corrected chi connectivity index (χ2v) is 11.6. The Morgan fingerprint density at radius 2 is 1.11 bits per heavy atom. The van der Waals surface area contributed by atoms with Crippen LogP contribution in [0, 0.1) is 0 Å². The van der Waals surface area contributed by atoms with Crippen LogP contribution in [-0.4, -0.2) is 21.4 Å². The zero-order chi connectivity index (χ0) is 30.1. The number of pyridine rings is 1. The predicted octanol–water partition coefficient (Wildman–Crippen LogP) is 9.41. The molecule has 2 N–H and O–H groups in total. The second kappa shape index (κ2) is 9.50. The molecule has 212 valence electrons. The number of nitrogens with zero attached hydrogens (tertiary/aromatic N) is 2. The minimum atomic E-state index is -0.644. The predicted molar refractivity (Wildman–Crippen MR) is 181 cm³/mol. The third-order valence-electron chi connectivity index (χ3n) is 9.37. The summed E-state index contributed by atoms with van der Waals surface area (Å²) in [6.07, 6.45) is 1.70. The highest BCUT2D eigenvalue weighted by Gasteiger charge is 2.53. The number of hydrogen-bond acceptors (Lipinski definition) is 4. The van der Waals surface area contributed by atoms with E-state index in [4.69, 9.17) is 9.98 Å². The van der Waals surface area contributed by atoms with E-state index in [1.165, 1.54) is 27.8 Å². The summed E-state index contributed by atoms with van der Waals surface area (Å²) in [5, 5.41) is 24.5. The molecule has 0 saturated carbocycles. The molecule has 2 aliphatic carbocycles. The molecule has 0 amide bonds. The van der Waals surface area contributed by atoms with Crippen molar-refractivity contribution in [1.29, 1.82) is 0 Å². The van der Waals surface area contributed by atoms with E-state index in [-0.39, 0.29) is 11.5 Å². The molecular formula is C41H26N2O2. The van der Waals surface area contributed by atoms with Crippen molar-refractivity contribution in [3.8, 4) is 45.0 Å². The Hall–Kier alpha value is -6.00. The van der Waals surface area contributed by atoms with Crippen LogP contribution in [0.3, 0.4) is 0 Å². The first-order chi connectivity index (χ1) is 22.2. The van der Waals surface area contributed by atoms with Gasteiger partial charge in [0, 0.05) is 16.5 Å². The summed E-state index contributed by atoms with van der Waals surface area (Å²) in [6.45, 7) is 0. The number of benzene rings is 6. The molecule has 0 bridgehead atoms. The van der Waals surface area contributed by atoms with E-state index in [9.17, 15) is 10.2 Å². The molecule has 0 aliphatic heterocycles. The highest BCUT2D eigenvalue weighted by Crippen LogP contribution is 2.65. The molecule has 0 saturated heterocycles. The van der Waals surface area contributed by atoms with Gasteiger partial charge in [-0.1, -0.05) is 109 Å². The van der Waals surface area contributed by atoms with Crippen molar-refractivity contribution in [1.82, 2.24) is 4.98 Å². The van der Waals surface area contributed by atoms with Gasteiger partial charge in [0.25, 0.3) is 0 Å². The van der Waals surface area contributed by atoms with Crippen LogP contribution >= 0.6 is 0 Å². The number of aromatic nitrogens is 1. The molecule has 0 atom stereocenters. The minimum Gasteiger partial charge on any atom is -0.507 e. The van der Waals surface area contributed by atoms with E-state index < -0.39 is 5.41 Å². The third-order valence-corrected chi connectivity index (χ3v) is 9.37. The van der Waals surface area contributed by atoms with Crippen molar-refractivity contribution in [2.75, 3.05) is 0 Å². The van der Waals surface area contributed by atoms with Gasteiger partial charge in [0.05, 0.1) is 28.7 Å². The van der Waals surface area contributed by atoms with E-state index >= 15 is 0 Å². The van der Waals surface area contributed by atoms with Crippen LogP contribution in [0.15, 0.2) is 145 Å². The van der Waals surface area contributed by atoms with E-state index in [0.717, 1.165) is 22.1 Å². The van der Waals surface area contributed by atoms with E-state index in [1.54, 1.807) is 12.3 Å². The van der Waals surface area contributed by atoms with E-state index in [2.05, 4.69) is 78.9 Å². The molecule has 4 nitrogen and oxygen atoms in total. The lowest BCUT2D eigenvalue weighted by Crippen LogP contribution is -2.26. The molecule has 0 radical (unpaired) electrons. The molecule has 4 heteroatoms. The zero-order valence-corrected chi connectivity index (χ0v) is 24.1. The number of fused-ring (bicyclic) bond motifs is 11. The fourth-order valence-electron chi connectivity index (χ4n) is 7.59. The quantitative estimate of drug-likeness (QED) is 0.205. The van der Waals surface area contributed by atoms with Gasteiger partial charge in [-0.15, -0.1) is 0 Å². The molecule has 9 rings (SSSR count). The van der Waals surface area contributed by atoms with Gasteiger partial charge in [-0.2, -0.15) is 0 Å². The van der Waals surface area contributed by atoms with Crippen LogP contribution in [-0.2, 0) is 5.41 Å². The normalized spacial score (nSPS) is 13.6. The molecular weight excluding hydrogens is 552 g/mol. The molecule has 6 aromatic carbocycles. The Balaban J connectivity index is 1.23. The molecule has 0 fully saturated rings. The molecule has 1 spiro atoms. The lowest BCUT2D eigenvalue weighted by atomic mass is 9.70. The van der Waals surface area contributed by atoms with E-state index in [1.807, 2.05) is 54.6 Å². The second-order valence-electron chi connectivity index (χ2n) is 11.6. The van der Waals surface area contributed by atoms with Crippen LogP contribution in [0.25, 0.3) is 44.3 Å². The minimum absolute atomic E-state index is 0.190. The SMILES string of the molecule is Oc1c(-c2cccc(C=Nc3cccc4cccc(O)c34)n2)ccc2c1C1(c3ccccc3-c3ccccc31)c1ccccc1-2. The number of hydrogen-bond donors (Lipinski definition) is 2. The van der Waals surface area contributed by atoms with Crippen molar-refractivity contribution >= 4 is 22.7 Å². The standard InChI is InChI=1S/C41H26N2O2/c44-37-21-8-11-25-10-7-20-36(38(25)37)42-24-26-12-9-19-35(43-26)31-23-22-30-29-15-3-6-18-34(29)41(39(30)40(31)45)32-16-4-1-13-27(32)28-14-2-5-17-33(28)41/h1-24,44-45H. The summed E-state index contributed by atoms with van der Waals surface area (Å²) in [5.74, 6) is 0.422. The maximum Gasteiger partial charge on any atom is 0.130 e. The zero-order valence-electron chi connectivity index (χ0n) is 24.1. The fraction of sp³-hybridized carbons (Fsp3) is 0.0244. The number of phenolic OH excluding ortho intramolecular Hbond substituents is 2. The lowest BCUT2D eigenvalue weighted by Gasteiger charge is -2.31. The van der Waals surface area contributed by atoms with Gasteiger partial charge in [0.1, 0.15) is 11.5 Å². The van der Waals surface area contributed by atoms with Crippen molar-refractivity contribution in [3.05, 3.63) is 167 Å². The lowest BCUT2D eigenvalue weighted by molar-refractivity contribution is 0.465. The Labute approximate surface area is 260 Å². The number of phenols is 2. The monoisotopic (exact) mass is 578 g/mol. The first kappa shape index (κ1) is 25.5. The van der Waals surface area contributed by atoms with Crippen molar-refractivity contribution in [3.63, 3.8) is 0 Å². The molecule has 1 heterocycles. The van der Waals surface area contributed by atoms with Crippen molar-refractivity contribution < 1.29 is 10.2 Å². The average molecular weight is 579 g/mol. The Morgan fingerprint density at radius 1 is 0.533 bits per heavy atom. The summed E-state index contributed by atoms with van der Waals surface area (Å²) in [5.41, 5.74) is 11.0. The summed E-state index contributed by atoms with van der Waals surface area (Å²) in [4.78, 5) is 9.63. The molecule has 2 aliphatic rings. The number of rotatable bonds is 3. The van der Waals surface area contributed by atoms with Crippen LogP contribution in [0.1, 0.15) is 27.9 Å². The van der Waals surface area contributed by atoms with Crippen molar-refractivity contribution in [2.24, 2.45) is 4.99 Å². The number of aromatic hydroxyl groups is 2. The molecule has 7 aromatic rings. The van der Waals surface area contributed by atoms with Gasteiger partial charge in [-0.05, 0) is 74.7 Å². The van der Waals surface area contributed by atoms with Gasteiger partial charge >= 0.3 is 0 Å². The summed E-state index contributed by atoms with van der Waals surface area (Å²) in [6, 6.07) is 46.7. The first-order valence-corrected chi connectivity index (χ1v) is 15.0. The summed E-state index contributed by atoms with van der Waals surface area (Å²) in [7, 11) is 0. The van der Waals surface area contributed by atoms with Gasteiger partial charge in [-0.25, -0.2) is 4.98 Å². The van der Waals surface area contributed by atoms with Crippen LogP contribution in [0.5, 0.6) is 11.5 Å². The van der Waals surface area contributed by atoms with Crippen molar-refractivity contribution in [2.45, 2.75) is 5.41 Å². The largest absolute Gasteiger partial charge is 0.507 e. The smallest absolute Gasteiger partial charge is 0.130 e. The highest BCUT2D eigenvalue weighted by atomic mass is 16.3.